The van der Waals surface area contributed by atoms with E-state index in [4.69, 9.17) is 11.0 Å². The minimum atomic E-state index is -0.00694. The number of carbonyl (C=O) groups is 1. The third-order valence-electron chi connectivity index (χ3n) is 2.34. The molecular formula is C13H18N4O. The first-order valence-corrected chi connectivity index (χ1v) is 5.86. The Balaban J connectivity index is 2.50. The van der Waals surface area contributed by atoms with Crippen LogP contribution in [0, 0.1) is 11.3 Å². The molecule has 5 heteroatoms. The fourth-order valence-electron chi connectivity index (χ4n) is 1.52. The van der Waals surface area contributed by atoms with Crippen LogP contribution >= 0.6 is 0 Å². The van der Waals surface area contributed by atoms with Crippen molar-refractivity contribution in [2.75, 3.05) is 17.6 Å². The van der Waals surface area contributed by atoms with Gasteiger partial charge in [-0.15, -0.1) is 0 Å². The van der Waals surface area contributed by atoms with Crippen LogP contribution in [-0.2, 0) is 4.79 Å². The molecule has 0 aliphatic rings. The minimum Gasteiger partial charge on any atom is -0.396 e. The lowest BCUT2D eigenvalue weighted by Crippen LogP contribution is -2.31. The molecule has 0 saturated carbocycles. The predicted octanol–water partition coefficient (Wildman–Crippen LogP) is 1.47. The van der Waals surface area contributed by atoms with Crippen molar-refractivity contribution in [3.8, 4) is 6.07 Å². The highest BCUT2D eigenvalue weighted by molar-refractivity contribution is 5.77. The maximum absolute atomic E-state index is 11.4. The monoisotopic (exact) mass is 246 g/mol. The Hall–Kier alpha value is -2.22. The van der Waals surface area contributed by atoms with Crippen molar-refractivity contribution in [2.24, 2.45) is 0 Å². The molecule has 1 aromatic rings. The van der Waals surface area contributed by atoms with E-state index >= 15 is 0 Å². The molecule has 0 atom stereocenters. The van der Waals surface area contributed by atoms with Gasteiger partial charge in [-0.2, -0.15) is 5.26 Å². The number of nitrogens with one attached hydrogen (secondary N) is 2. The lowest BCUT2D eigenvalue weighted by atomic mass is 10.1. The van der Waals surface area contributed by atoms with Gasteiger partial charge in [-0.25, -0.2) is 0 Å². The van der Waals surface area contributed by atoms with Gasteiger partial charge in [-0.3, -0.25) is 4.79 Å². The van der Waals surface area contributed by atoms with E-state index < -0.39 is 0 Å². The summed E-state index contributed by atoms with van der Waals surface area (Å²) in [6, 6.07) is 7.36. The van der Waals surface area contributed by atoms with Crippen molar-refractivity contribution in [1.82, 2.24) is 5.32 Å². The average molecular weight is 246 g/mol. The van der Waals surface area contributed by atoms with E-state index in [-0.39, 0.29) is 11.9 Å². The topological polar surface area (TPSA) is 90.9 Å². The number of hydrogen-bond acceptors (Lipinski definition) is 4. The summed E-state index contributed by atoms with van der Waals surface area (Å²) < 4.78 is 0. The van der Waals surface area contributed by atoms with Crippen LogP contribution in [0.5, 0.6) is 0 Å². The van der Waals surface area contributed by atoms with Crippen LogP contribution in [0.3, 0.4) is 0 Å². The van der Waals surface area contributed by atoms with Crippen molar-refractivity contribution in [3.05, 3.63) is 23.8 Å². The first-order chi connectivity index (χ1) is 8.54. The molecule has 0 aliphatic carbocycles. The molecule has 0 fully saturated rings. The molecule has 1 rings (SSSR count). The van der Waals surface area contributed by atoms with E-state index in [1.165, 1.54) is 0 Å². The first kappa shape index (κ1) is 13.8. The van der Waals surface area contributed by atoms with Crippen LogP contribution in [0.15, 0.2) is 18.2 Å². The van der Waals surface area contributed by atoms with E-state index in [0.717, 1.165) is 0 Å². The van der Waals surface area contributed by atoms with Crippen LogP contribution in [0.4, 0.5) is 11.4 Å². The van der Waals surface area contributed by atoms with E-state index in [2.05, 4.69) is 10.6 Å². The van der Waals surface area contributed by atoms with Gasteiger partial charge in [0, 0.05) is 19.0 Å². The average Bonchev–Trinajstić information content (AvgIpc) is 2.30. The zero-order chi connectivity index (χ0) is 13.5. The molecule has 0 unspecified atom stereocenters. The largest absolute Gasteiger partial charge is 0.396 e. The number of hydrogen-bond donors (Lipinski definition) is 3. The Labute approximate surface area is 107 Å². The summed E-state index contributed by atoms with van der Waals surface area (Å²) in [6.45, 7) is 4.32. The first-order valence-electron chi connectivity index (χ1n) is 5.86. The maximum Gasteiger partial charge on any atom is 0.221 e. The molecule has 0 aromatic heterocycles. The lowest BCUT2D eigenvalue weighted by Gasteiger charge is -2.11. The number of rotatable bonds is 5. The molecule has 0 radical (unpaired) electrons. The van der Waals surface area contributed by atoms with Gasteiger partial charge in [0.25, 0.3) is 0 Å². The van der Waals surface area contributed by atoms with Crippen molar-refractivity contribution in [1.29, 1.82) is 5.26 Å². The zero-order valence-electron chi connectivity index (χ0n) is 10.7. The van der Waals surface area contributed by atoms with Gasteiger partial charge in [-0.1, -0.05) is 6.07 Å². The van der Waals surface area contributed by atoms with Crippen molar-refractivity contribution in [2.45, 2.75) is 26.3 Å². The number of nitriles is 1. The van der Waals surface area contributed by atoms with Gasteiger partial charge in [-0.05, 0) is 26.0 Å². The highest BCUT2D eigenvalue weighted by Gasteiger charge is 2.05. The normalized spacial score (nSPS) is 9.89. The second-order valence-electron chi connectivity index (χ2n) is 4.28. The number of amides is 1. The van der Waals surface area contributed by atoms with Crippen LogP contribution in [-0.4, -0.2) is 18.5 Å². The van der Waals surface area contributed by atoms with Gasteiger partial charge < -0.3 is 16.4 Å². The fourth-order valence-corrected chi connectivity index (χ4v) is 1.52. The standard InChI is InChI=1S/C13H18N4O/c1-9(2)17-12(18)6-7-16-11-5-3-4-10(8-14)13(11)15/h3-5,9,16H,6-7,15H2,1-2H3,(H,17,18). The molecule has 0 bridgehead atoms. The molecule has 1 aromatic carbocycles. The van der Waals surface area contributed by atoms with Crippen molar-refractivity contribution in [3.63, 3.8) is 0 Å². The summed E-state index contributed by atoms with van der Waals surface area (Å²) in [4.78, 5) is 11.4. The molecule has 0 saturated heterocycles. The zero-order valence-corrected chi connectivity index (χ0v) is 10.7. The molecule has 1 amide bonds. The van der Waals surface area contributed by atoms with E-state index in [1.807, 2.05) is 19.9 Å². The number of benzene rings is 1. The Morgan fingerprint density at radius 1 is 1.50 bits per heavy atom. The van der Waals surface area contributed by atoms with Gasteiger partial charge in [0.2, 0.25) is 5.91 Å². The van der Waals surface area contributed by atoms with Crippen molar-refractivity contribution >= 4 is 17.3 Å². The lowest BCUT2D eigenvalue weighted by molar-refractivity contribution is -0.121. The van der Waals surface area contributed by atoms with E-state index in [9.17, 15) is 4.79 Å². The van der Waals surface area contributed by atoms with Gasteiger partial charge >= 0.3 is 0 Å². The van der Waals surface area contributed by atoms with Crippen LogP contribution < -0.4 is 16.4 Å². The Kier molecular flexibility index (Phi) is 5.00. The molecule has 18 heavy (non-hydrogen) atoms. The van der Waals surface area contributed by atoms with Gasteiger partial charge in [0.15, 0.2) is 0 Å². The quantitative estimate of drug-likeness (QED) is 0.686. The van der Waals surface area contributed by atoms with Crippen molar-refractivity contribution < 1.29 is 4.79 Å². The summed E-state index contributed by atoms with van der Waals surface area (Å²) in [5, 5.41) is 14.7. The number of nitrogens with zero attached hydrogens (tertiary/aromatic N) is 1. The Morgan fingerprint density at radius 3 is 2.83 bits per heavy atom. The van der Waals surface area contributed by atoms with Crippen LogP contribution in [0.2, 0.25) is 0 Å². The Bertz CT molecular complexity index is 463. The summed E-state index contributed by atoms with van der Waals surface area (Å²) in [6.07, 6.45) is 0.369. The summed E-state index contributed by atoms with van der Waals surface area (Å²) in [7, 11) is 0. The number of nitrogen functional groups attached to an aromatic ring is 1. The fraction of sp³-hybridized carbons (Fsp3) is 0.385. The molecule has 96 valence electrons. The number of nitrogens with two attached hydrogens (primary N) is 1. The van der Waals surface area contributed by atoms with Gasteiger partial charge in [0.1, 0.15) is 6.07 Å². The Morgan fingerprint density at radius 2 is 2.22 bits per heavy atom. The summed E-state index contributed by atoms with van der Waals surface area (Å²) >= 11 is 0. The third-order valence-corrected chi connectivity index (χ3v) is 2.34. The predicted molar refractivity (Wildman–Crippen MR) is 72.0 cm³/mol. The third kappa shape index (κ3) is 3.98. The van der Waals surface area contributed by atoms with Gasteiger partial charge in [0.05, 0.1) is 16.9 Å². The summed E-state index contributed by atoms with van der Waals surface area (Å²) in [5.74, 6) is -0.00694. The molecule has 0 spiro atoms. The minimum absolute atomic E-state index is 0.00694. The molecule has 0 heterocycles. The highest BCUT2D eigenvalue weighted by atomic mass is 16.1. The van der Waals surface area contributed by atoms with E-state index in [0.29, 0.717) is 29.9 Å². The highest BCUT2D eigenvalue weighted by Crippen LogP contribution is 2.21. The molecule has 4 N–H and O–H groups in total. The maximum atomic E-state index is 11.4. The van der Waals surface area contributed by atoms with Crippen LogP contribution in [0.25, 0.3) is 0 Å². The molecular weight excluding hydrogens is 228 g/mol. The number of para-hydroxylation sites is 1. The molecule has 5 nitrogen and oxygen atoms in total. The van der Waals surface area contributed by atoms with E-state index in [1.54, 1.807) is 18.2 Å². The smallest absolute Gasteiger partial charge is 0.221 e. The number of anilines is 2. The number of carbonyl (C=O) groups excluding carboxylic acids is 1. The molecule has 0 aliphatic heterocycles. The summed E-state index contributed by atoms with van der Waals surface area (Å²) in [5.41, 5.74) is 7.35. The second-order valence-corrected chi connectivity index (χ2v) is 4.28. The van der Waals surface area contributed by atoms with Crippen LogP contribution in [0.1, 0.15) is 25.8 Å². The second kappa shape index (κ2) is 6.50. The SMILES string of the molecule is CC(C)NC(=O)CCNc1cccc(C#N)c1N.